The van der Waals surface area contributed by atoms with E-state index in [-0.39, 0.29) is 29.9 Å². The summed E-state index contributed by atoms with van der Waals surface area (Å²) in [6, 6.07) is 6.07. The first-order chi connectivity index (χ1) is 19.0. The van der Waals surface area contributed by atoms with Gasteiger partial charge in [-0.25, -0.2) is 4.79 Å². The maximum Gasteiger partial charge on any atom is 0.481 e. The van der Waals surface area contributed by atoms with Crippen LogP contribution in [0.2, 0.25) is 0 Å². The minimum atomic E-state index is -1.07. The lowest BCUT2D eigenvalue weighted by atomic mass is 9.43. The zero-order chi connectivity index (χ0) is 30.3. The number of carbonyl (C=O) groups is 3. The van der Waals surface area contributed by atoms with Gasteiger partial charge in [0.2, 0.25) is 5.91 Å². The first kappa shape index (κ1) is 31.4. The van der Waals surface area contributed by atoms with Crippen molar-refractivity contribution < 1.29 is 28.4 Å². The van der Waals surface area contributed by atoms with Gasteiger partial charge in [-0.05, 0) is 89.2 Å². The van der Waals surface area contributed by atoms with Crippen LogP contribution in [0.5, 0.6) is 0 Å². The van der Waals surface area contributed by atoms with Gasteiger partial charge in [0.05, 0.1) is 17.6 Å². The molecule has 4 fully saturated rings. The van der Waals surface area contributed by atoms with Gasteiger partial charge in [-0.15, -0.1) is 0 Å². The number of amides is 3. The van der Waals surface area contributed by atoms with E-state index in [0.29, 0.717) is 23.8 Å². The van der Waals surface area contributed by atoms with Crippen molar-refractivity contribution in [3.05, 3.63) is 35.4 Å². The molecule has 1 aromatic carbocycles. The molecule has 3 N–H and O–H groups in total. The molecule has 2 bridgehead atoms. The normalized spacial score (nSPS) is 27.8. The molecule has 0 spiro atoms. The highest BCUT2D eigenvalue weighted by atomic mass is 16.7. The molecule has 3 saturated carbocycles. The number of rotatable bonds is 9. The Bertz CT molecular complexity index is 1130. The number of aryl methyl sites for hydroxylation is 1. The molecule has 6 atom stereocenters. The summed E-state index contributed by atoms with van der Waals surface area (Å²) in [6.45, 7) is 18.0. The van der Waals surface area contributed by atoms with Gasteiger partial charge in [-0.2, -0.15) is 0 Å². The molecule has 1 aliphatic heterocycles. The number of alkyl carbamates (subject to hydrolysis) is 1. The number of hydrogen-bond acceptors (Lipinski definition) is 6. The maximum atomic E-state index is 13.7. The van der Waals surface area contributed by atoms with E-state index in [1.54, 1.807) is 32.9 Å². The van der Waals surface area contributed by atoms with Crippen molar-refractivity contribution in [2.45, 2.75) is 111 Å². The van der Waals surface area contributed by atoms with Crippen molar-refractivity contribution in [3.8, 4) is 0 Å². The van der Waals surface area contributed by atoms with Crippen molar-refractivity contribution in [1.82, 2.24) is 16.0 Å². The molecule has 0 aromatic heterocycles. The van der Waals surface area contributed by atoms with E-state index in [9.17, 15) is 14.4 Å². The zero-order valence-electron chi connectivity index (χ0n) is 26.1. The van der Waals surface area contributed by atoms with E-state index in [2.05, 4.69) is 50.6 Å². The van der Waals surface area contributed by atoms with Gasteiger partial charge in [-0.1, -0.05) is 45.4 Å². The fourth-order valence-corrected chi connectivity index (χ4v) is 6.76. The van der Waals surface area contributed by atoms with Gasteiger partial charge < -0.3 is 30.0 Å². The lowest BCUT2D eigenvalue weighted by Gasteiger charge is -2.64. The molecular weight excluding hydrogens is 521 g/mol. The third-order valence-corrected chi connectivity index (χ3v) is 9.14. The highest BCUT2D eigenvalue weighted by Gasteiger charge is 2.68. The summed E-state index contributed by atoms with van der Waals surface area (Å²) >= 11 is 0. The van der Waals surface area contributed by atoms with Gasteiger partial charge in [0.15, 0.2) is 0 Å². The summed E-state index contributed by atoms with van der Waals surface area (Å²) in [4.78, 5) is 39.2. The van der Waals surface area contributed by atoms with Crippen LogP contribution in [0, 0.1) is 30.1 Å². The van der Waals surface area contributed by atoms with Crippen LogP contribution in [0.4, 0.5) is 4.79 Å². The van der Waals surface area contributed by atoms with Crippen molar-refractivity contribution in [2.75, 3.05) is 6.54 Å². The molecule has 1 aromatic rings. The van der Waals surface area contributed by atoms with Crippen LogP contribution in [0.25, 0.3) is 0 Å². The Balaban J connectivity index is 1.48. The second-order valence-electron chi connectivity index (χ2n) is 14.4. The highest BCUT2D eigenvalue weighted by Crippen LogP contribution is 2.65. The molecule has 226 valence electrons. The van der Waals surface area contributed by atoms with Gasteiger partial charge in [0.1, 0.15) is 11.6 Å². The van der Waals surface area contributed by atoms with Crippen molar-refractivity contribution in [3.63, 3.8) is 0 Å². The SMILES string of the molecule is Cc1ccc(C(=O)NC[C@H](NC(=O)OC(C)(C)C)C(=O)N[C@@H](CC(C)C)B2O[C@@H]3C[C@H]4C[C@H](C4(C)C)[C@]3(C)O2)cc1. The average Bonchev–Trinajstić information content (AvgIpc) is 3.22. The fourth-order valence-electron chi connectivity index (χ4n) is 6.76. The Labute approximate surface area is 245 Å². The van der Waals surface area contributed by atoms with Crippen LogP contribution >= 0.6 is 0 Å². The van der Waals surface area contributed by atoms with Crippen LogP contribution < -0.4 is 16.0 Å². The summed E-state index contributed by atoms with van der Waals surface area (Å²) in [6.07, 6.45) is 1.97. The lowest BCUT2D eigenvalue weighted by molar-refractivity contribution is -0.199. The van der Waals surface area contributed by atoms with E-state index < -0.39 is 42.3 Å². The van der Waals surface area contributed by atoms with E-state index in [4.69, 9.17) is 14.0 Å². The number of nitrogens with one attached hydrogen (secondary N) is 3. The van der Waals surface area contributed by atoms with Crippen LogP contribution in [-0.2, 0) is 18.8 Å². The maximum absolute atomic E-state index is 13.7. The van der Waals surface area contributed by atoms with Gasteiger partial charge >= 0.3 is 13.2 Å². The number of ether oxygens (including phenoxy) is 1. The van der Waals surface area contributed by atoms with E-state index in [0.717, 1.165) is 18.4 Å². The van der Waals surface area contributed by atoms with Crippen LogP contribution in [0.1, 0.15) is 90.6 Å². The van der Waals surface area contributed by atoms with Crippen LogP contribution in [-0.4, -0.2) is 60.9 Å². The Morgan fingerprint density at radius 1 is 1.07 bits per heavy atom. The lowest BCUT2D eigenvalue weighted by Crippen LogP contribution is -2.65. The third kappa shape index (κ3) is 6.91. The van der Waals surface area contributed by atoms with E-state index in [1.807, 2.05) is 19.1 Å². The molecule has 10 heteroatoms. The fraction of sp³-hybridized carbons (Fsp3) is 0.710. The number of carbonyl (C=O) groups excluding carboxylic acids is 3. The quantitative estimate of drug-likeness (QED) is 0.380. The average molecular weight is 570 g/mol. The number of hydrogen-bond donors (Lipinski definition) is 3. The van der Waals surface area contributed by atoms with Crippen LogP contribution in [0.15, 0.2) is 24.3 Å². The van der Waals surface area contributed by atoms with E-state index in [1.165, 1.54) is 0 Å². The monoisotopic (exact) mass is 569 g/mol. The van der Waals surface area contributed by atoms with Crippen molar-refractivity contribution >= 4 is 25.0 Å². The summed E-state index contributed by atoms with van der Waals surface area (Å²) in [7, 11) is -0.601. The third-order valence-electron chi connectivity index (χ3n) is 9.14. The van der Waals surface area contributed by atoms with Gasteiger partial charge in [0, 0.05) is 12.1 Å². The van der Waals surface area contributed by atoms with Crippen LogP contribution in [0.3, 0.4) is 0 Å². The minimum absolute atomic E-state index is 0.0136. The summed E-state index contributed by atoms with van der Waals surface area (Å²) in [5, 5.41) is 8.53. The second kappa shape index (κ2) is 11.6. The summed E-state index contributed by atoms with van der Waals surface area (Å²) in [5.74, 6) is 0.0620. The Morgan fingerprint density at radius 2 is 1.73 bits per heavy atom. The zero-order valence-corrected chi connectivity index (χ0v) is 26.1. The summed E-state index contributed by atoms with van der Waals surface area (Å²) < 4.78 is 18.6. The Hall–Kier alpha value is -2.59. The molecule has 3 amide bonds. The Morgan fingerprint density at radius 3 is 2.32 bits per heavy atom. The standard InChI is InChI=1S/C31H48BN3O6/c1-18(2)14-25(32-40-24-16-21-15-23(30(21,7)8)31(24,9)41-32)35-27(37)22(34-28(38)39-29(4,5)6)17-33-26(36)20-12-10-19(3)11-13-20/h10-13,18,21-25H,14-17H2,1-9H3,(H,33,36)(H,34,38)(H,35,37)/t21-,22+,23-,24-,25+,31+/m1/s1. The number of benzene rings is 1. The first-order valence-electron chi connectivity index (χ1n) is 15.0. The Kier molecular flexibility index (Phi) is 8.87. The van der Waals surface area contributed by atoms with Crippen molar-refractivity contribution in [1.29, 1.82) is 0 Å². The second-order valence-corrected chi connectivity index (χ2v) is 14.4. The van der Waals surface area contributed by atoms with Gasteiger partial charge in [-0.3, -0.25) is 9.59 Å². The highest BCUT2D eigenvalue weighted by molar-refractivity contribution is 6.48. The molecule has 0 radical (unpaired) electrons. The van der Waals surface area contributed by atoms with E-state index >= 15 is 0 Å². The molecule has 5 rings (SSSR count). The smallest absolute Gasteiger partial charge is 0.444 e. The predicted octanol–water partition coefficient (Wildman–Crippen LogP) is 4.42. The molecular formula is C31H48BN3O6. The molecule has 3 aliphatic carbocycles. The largest absolute Gasteiger partial charge is 0.481 e. The molecule has 1 saturated heterocycles. The minimum Gasteiger partial charge on any atom is -0.444 e. The van der Waals surface area contributed by atoms with Crippen molar-refractivity contribution in [2.24, 2.45) is 23.2 Å². The van der Waals surface area contributed by atoms with Gasteiger partial charge in [0.25, 0.3) is 5.91 Å². The molecule has 0 unspecified atom stereocenters. The predicted molar refractivity (Wildman–Crippen MR) is 158 cm³/mol. The molecule has 9 nitrogen and oxygen atoms in total. The molecule has 41 heavy (non-hydrogen) atoms. The topological polar surface area (TPSA) is 115 Å². The summed E-state index contributed by atoms with van der Waals surface area (Å²) in [5.41, 5.74) is 0.557. The molecule has 1 heterocycles. The molecule has 4 aliphatic rings. The first-order valence-corrected chi connectivity index (χ1v) is 15.0.